The second kappa shape index (κ2) is 3.81. The largest absolute Gasteiger partial charge is 0.357 e. The van der Waals surface area contributed by atoms with Crippen LogP contribution in [0.3, 0.4) is 0 Å². The molecule has 0 aromatic carbocycles. The van der Waals surface area contributed by atoms with E-state index in [1.54, 1.807) is 0 Å². The van der Waals surface area contributed by atoms with E-state index in [-0.39, 0.29) is 6.54 Å². The highest BCUT2D eigenvalue weighted by molar-refractivity contribution is 5.37. The van der Waals surface area contributed by atoms with Crippen molar-refractivity contribution in [2.24, 2.45) is 0 Å². The summed E-state index contributed by atoms with van der Waals surface area (Å²) in [5.74, 6) is -1.92. The maximum atomic E-state index is 12.8. The van der Waals surface area contributed by atoms with Crippen molar-refractivity contribution in [1.82, 2.24) is 4.98 Å². The Morgan fingerprint density at radius 1 is 1.38 bits per heavy atom. The molecule has 68 valence electrons. The first-order chi connectivity index (χ1) is 6.15. The normalized spacial score (nSPS) is 9.38. The Bertz CT molecular complexity index is 357. The molecule has 0 aliphatic heterocycles. The number of rotatable bonds is 2. The molecule has 0 radical (unpaired) electrons. The fourth-order valence-electron chi connectivity index (χ4n) is 0.703. The van der Waals surface area contributed by atoms with E-state index in [1.807, 2.05) is 0 Å². The second-order valence-corrected chi connectivity index (χ2v) is 2.15. The number of hydrogen-bond acceptors (Lipinski definition) is 2. The third-order valence-corrected chi connectivity index (χ3v) is 1.24. The number of pyridine rings is 1. The zero-order chi connectivity index (χ0) is 9.84. The van der Waals surface area contributed by atoms with E-state index in [4.69, 9.17) is 6.42 Å². The van der Waals surface area contributed by atoms with Crippen LogP contribution in [0.1, 0.15) is 0 Å². The molecule has 0 amide bonds. The lowest BCUT2D eigenvalue weighted by molar-refractivity contribution is 0.466. The summed E-state index contributed by atoms with van der Waals surface area (Å²) in [6.45, 7) is -0.00497. The molecule has 0 fully saturated rings. The number of aromatic nitrogens is 1. The lowest BCUT2D eigenvalue weighted by atomic mass is 10.4. The van der Waals surface area contributed by atoms with Crippen molar-refractivity contribution in [3.63, 3.8) is 0 Å². The lowest BCUT2D eigenvalue weighted by Crippen LogP contribution is -2.05. The molecule has 1 N–H and O–H groups in total. The molecule has 0 atom stereocenters. The maximum absolute atomic E-state index is 12.8. The summed E-state index contributed by atoms with van der Waals surface area (Å²) >= 11 is 0. The molecule has 1 aromatic heterocycles. The van der Waals surface area contributed by atoms with Gasteiger partial charge in [0, 0.05) is 6.07 Å². The van der Waals surface area contributed by atoms with Crippen LogP contribution >= 0.6 is 0 Å². The van der Waals surface area contributed by atoms with Gasteiger partial charge in [-0.2, -0.15) is 9.37 Å². The van der Waals surface area contributed by atoms with E-state index in [2.05, 4.69) is 16.2 Å². The van der Waals surface area contributed by atoms with Gasteiger partial charge in [-0.1, -0.05) is 5.92 Å². The summed E-state index contributed by atoms with van der Waals surface area (Å²) in [4.78, 5) is 2.99. The molecule has 1 aromatic rings. The fourth-order valence-corrected chi connectivity index (χ4v) is 0.703. The standard InChI is InChI=1S/C8H5F3N2/c1-2-3-12-8-6(10)4-5(9)7(11)13-8/h1,4H,3H2,(H,12,13). The van der Waals surface area contributed by atoms with Crippen molar-refractivity contribution in [2.75, 3.05) is 11.9 Å². The van der Waals surface area contributed by atoms with E-state index in [9.17, 15) is 13.2 Å². The molecule has 0 spiro atoms. The highest BCUT2D eigenvalue weighted by Gasteiger charge is 2.10. The van der Waals surface area contributed by atoms with Crippen molar-refractivity contribution < 1.29 is 13.2 Å². The minimum atomic E-state index is -1.36. The van der Waals surface area contributed by atoms with Gasteiger partial charge in [-0.05, 0) is 0 Å². The molecule has 1 heterocycles. The van der Waals surface area contributed by atoms with Gasteiger partial charge in [0.2, 0.25) is 0 Å². The highest BCUT2D eigenvalue weighted by Crippen LogP contribution is 2.13. The molecular weight excluding hydrogens is 181 g/mol. The van der Waals surface area contributed by atoms with E-state index < -0.39 is 23.4 Å². The van der Waals surface area contributed by atoms with Crippen molar-refractivity contribution in [2.45, 2.75) is 0 Å². The van der Waals surface area contributed by atoms with E-state index in [1.165, 1.54) is 0 Å². The molecular formula is C8H5F3N2. The van der Waals surface area contributed by atoms with Crippen molar-refractivity contribution in [3.05, 3.63) is 23.6 Å². The maximum Gasteiger partial charge on any atom is 0.251 e. The van der Waals surface area contributed by atoms with Crippen molar-refractivity contribution in [1.29, 1.82) is 0 Å². The molecule has 13 heavy (non-hydrogen) atoms. The number of hydrogen-bond donors (Lipinski definition) is 1. The van der Waals surface area contributed by atoms with Crippen LogP contribution < -0.4 is 5.32 Å². The Labute approximate surface area is 72.8 Å². The first-order valence-corrected chi connectivity index (χ1v) is 3.34. The Balaban J connectivity index is 2.96. The molecule has 0 bridgehead atoms. The lowest BCUT2D eigenvalue weighted by Gasteiger charge is -2.02. The molecule has 2 nitrogen and oxygen atoms in total. The molecule has 5 heteroatoms. The first-order valence-electron chi connectivity index (χ1n) is 3.34. The van der Waals surface area contributed by atoms with Crippen LogP contribution in [-0.2, 0) is 0 Å². The first kappa shape index (κ1) is 9.39. The van der Waals surface area contributed by atoms with E-state index in [0.29, 0.717) is 6.07 Å². The van der Waals surface area contributed by atoms with Crippen LogP contribution in [0.4, 0.5) is 19.0 Å². The average molecular weight is 186 g/mol. The number of halogens is 3. The summed E-state index contributed by atoms with van der Waals surface area (Å²) in [5, 5.41) is 2.30. The van der Waals surface area contributed by atoms with E-state index >= 15 is 0 Å². The van der Waals surface area contributed by atoms with Crippen molar-refractivity contribution in [3.8, 4) is 12.3 Å². The van der Waals surface area contributed by atoms with Gasteiger partial charge in [-0.15, -0.1) is 6.42 Å². The van der Waals surface area contributed by atoms with E-state index in [0.717, 1.165) is 0 Å². The van der Waals surface area contributed by atoms with Crippen LogP contribution in [0.15, 0.2) is 6.07 Å². The number of anilines is 1. The SMILES string of the molecule is C#CCNc1nc(F)c(F)cc1F. The Morgan fingerprint density at radius 3 is 2.69 bits per heavy atom. The zero-order valence-electron chi connectivity index (χ0n) is 6.44. The quantitative estimate of drug-likeness (QED) is 0.559. The minimum Gasteiger partial charge on any atom is -0.357 e. The van der Waals surface area contributed by atoms with Crippen molar-refractivity contribution >= 4 is 5.82 Å². The van der Waals surface area contributed by atoms with Gasteiger partial charge < -0.3 is 5.32 Å². The minimum absolute atomic E-state index is 0.00497. The summed E-state index contributed by atoms with van der Waals surface area (Å²) in [6.07, 6.45) is 4.86. The fraction of sp³-hybridized carbons (Fsp3) is 0.125. The molecule has 0 aliphatic carbocycles. The van der Waals surface area contributed by atoms with Crippen LogP contribution in [0.25, 0.3) is 0 Å². The Hall–Kier alpha value is -1.70. The smallest absolute Gasteiger partial charge is 0.251 e. The summed E-state index contributed by atoms with van der Waals surface area (Å²) in [6, 6.07) is 0.404. The number of terminal acetylenes is 1. The molecule has 1 rings (SSSR count). The van der Waals surface area contributed by atoms with Gasteiger partial charge in [0.05, 0.1) is 6.54 Å². The van der Waals surface area contributed by atoms with Gasteiger partial charge in [0.25, 0.3) is 5.95 Å². The van der Waals surface area contributed by atoms with Gasteiger partial charge in [0.1, 0.15) is 0 Å². The Kier molecular flexibility index (Phi) is 2.75. The summed E-state index contributed by atoms with van der Waals surface area (Å²) in [5.41, 5.74) is 0. The van der Waals surface area contributed by atoms with Crippen LogP contribution in [0, 0.1) is 29.9 Å². The predicted molar refractivity (Wildman–Crippen MR) is 41.4 cm³/mol. The molecule has 0 saturated carbocycles. The molecule has 0 aliphatic rings. The molecule has 0 unspecified atom stereocenters. The second-order valence-electron chi connectivity index (χ2n) is 2.15. The van der Waals surface area contributed by atoms with Gasteiger partial charge in [0.15, 0.2) is 17.5 Å². The topological polar surface area (TPSA) is 24.9 Å². The van der Waals surface area contributed by atoms with Crippen LogP contribution in [0.5, 0.6) is 0 Å². The van der Waals surface area contributed by atoms with Crippen LogP contribution in [-0.4, -0.2) is 11.5 Å². The predicted octanol–water partition coefficient (Wildman–Crippen LogP) is 1.54. The van der Waals surface area contributed by atoms with Crippen LogP contribution in [0.2, 0.25) is 0 Å². The van der Waals surface area contributed by atoms with Gasteiger partial charge >= 0.3 is 0 Å². The number of nitrogens with one attached hydrogen (secondary N) is 1. The third-order valence-electron chi connectivity index (χ3n) is 1.24. The zero-order valence-corrected chi connectivity index (χ0v) is 6.44. The highest BCUT2D eigenvalue weighted by atomic mass is 19.2. The van der Waals surface area contributed by atoms with Gasteiger partial charge in [-0.3, -0.25) is 0 Å². The summed E-state index contributed by atoms with van der Waals surface area (Å²) in [7, 11) is 0. The third kappa shape index (κ3) is 2.12. The average Bonchev–Trinajstić information content (AvgIpc) is 2.09. The monoisotopic (exact) mass is 186 g/mol. The summed E-state index contributed by atoms with van der Waals surface area (Å²) < 4.78 is 37.5. The van der Waals surface area contributed by atoms with Gasteiger partial charge in [-0.25, -0.2) is 8.78 Å². The number of nitrogens with zero attached hydrogens (tertiary/aromatic N) is 1. The molecule has 0 saturated heterocycles. The Morgan fingerprint density at radius 2 is 2.08 bits per heavy atom.